The number of thiazole rings is 1. The van der Waals surface area contributed by atoms with E-state index >= 15 is 0 Å². The van der Waals surface area contributed by atoms with Gasteiger partial charge in [-0.2, -0.15) is 0 Å². The number of β-amino-alcohol motifs (C(OH)–C–C–N with tert-alkyl or cyclic N) is 1. The number of hydrogen-bond acceptors (Lipinski definition) is 9. The molecule has 0 bridgehead atoms. The molecule has 2 heterocycles. The molecule has 0 aliphatic carbocycles. The number of ether oxygens (including phenoxy) is 1. The summed E-state index contributed by atoms with van der Waals surface area (Å²) in [6, 6.07) is 32.2. The van der Waals surface area contributed by atoms with E-state index in [0.29, 0.717) is 13.0 Å². The Morgan fingerprint density at radius 2 is 1.49 bits per heavy atom. The van der Waals surface area contributed by atoms with E-state index in [4.69, 9.17) is 4.74 Å². The molecule has 1 aliphatic heterocycles. The van der Waals surface area contributed by atoms with Crippen LogP contribution < -0.4 is 15.4 Å². The van der Waals surface area contributed by atoms with Crippen molar-refractivity contribution in [3.05, 3.63) is 137 Å². The van der Waals surface area contributed by atoms with Gasteiger partial charge in [-0.1, -0.05) is 133 Å². The minimum absolute atomic E-state index is 0.0329. The average Bonchev–Trinajstić information content (AvgIpc) is 3.97. The van der Waals surface area contributed by atoms with Crippen molar-refractivity contribution in [1.82, 2.24) is 25.4 Å². The molecule has 4 N–H and O–H groups in total. The number of unbranched alkanes of at least 4 members (excludes halogenated alkanes) is 4. The summed E-state index contributed by atoms with van der Waals surface area (Å²) >= 11 is 1.59. The number of phenols is 1. The minimum atomic E-state index is -0.852. The molecule has 0 radical (unpaired) electrons. The first kappa shape index (κ1) is 52.5. The van der Waals surface area contributed by atoms with E-state index in [-0.39, 0.29) is 42.5 Å². The standard InChI is InChI=1S/C57H73N5O6S/c1-8-49(42-18-14-13-15-19-42)52(43-25-29-46(63)30-26-43)44-27-31-48(32-28-44)68-35-34-61(9-2)33-17-12-10-11-16-20-51(65)60-54(57(5,6)7)56(67)62-37-47(64)36-50(62)55(66)59-39(3)41-21-23-45(24-22-41)53-40(4)58-38-69-53/h13-15,18-19,21-32,38-39,47,50,54,63-64H,8-12,16-17,20,33-37H2,1-7H3,(H,59,66)(H,60,65)/b52-49-/t39-,47+,50-,54?/m0/s1. The molecule has 1 aliphatic rings. The van der Waals surface area contributed by atoms with Gasteiger partial charge in [0.05, 0.1) is 28.2 Å². The van der Waals surface area contributed by atoms with Crippen molar-refractivity contribution in [3.8, 4) is 21.9 Å². The van der Waals surface area contributed by atoms with Gasteiger partial charge in [-0.15, -0.1) is 11.3 Å². The van der Waals surface area contributed by atoms with Gasteiger partial charge in [0.25, 0.3) is 0 Å². The second-order valence-electron chi connectivity index (χ2n) is 19.3. The number of nitrogens with zero attached hydrogens (tertiary/aromatic N) is 3. The maximum absolute atomic E-state index is 14.1. The van der Waals surface area contributed by atoms with Crippen LogP contribution in [0.1, 0.15) is 127 Å². The third-order valence-corrected chi connectivity index (χ3v) is 14.1. The number of carbonyl (C=O) groups excluding carboxylic acids is 3. The summed E-state index contributed by atoms with van der Waals surface area (Å²) < 4.78 is 6.22. The van der Waals surface area contributed by atoms with Gasteiger partial charge in [0.1, 0.15) is 30.2 Å². The zero-order chi connectivity index (χ0) is 49.5. The van der Waals surface area contributed by atoms with Crippen LogP contribution in [0.2, 0.25) is 0 Å². The number of phenolic OH excluding ortho intramolecular Hbond substituents is 1. The number of nitrogens with one attached hydrogen (secondary N) is 2. The normalized spacial score (nSPS) is 16.2. The highest BCUT2D eigenvalue weighted by Gasteiger charge is 2.44. The van der Waals surface area contributed by atoms with Crippen LogP contribution in [0.5, 0.6) is 11.5 Å². The first-order valence-corrected chi connectivity index (χ1v) is 25.7. The van der Waals surface area contributed by atoms with Gasteiger partial charge in [-0.3, -0.25) is 14.4 Å². The number of aliphatic hydroxyl groups is 1. The number of carbonyl (C=O) groups is 3. The molecule has 1 saturated heterocycles. The molecule has 11 nitrogen and oxygen atoms in total. The Kier molecular flexibility index (Phi) is 19.2. The molecule has 6 rings (SSSR count). The molecular weight excluding hydrogens is 883 g/mol. The lowest BCUT2D eigenvalue weighted by molar-refractivity contribution is -0.144. The number of likely N-dealkylation sites (N-methyl/N-ethyl adjacent to an activating group) is 1. The van der Waals surface area contributed by atoms with Crippen LogP contribution in [0.3, 0.4) is 0 Å². The van der Waals surface area contributed by atoms with Crippen molar-refractivity contribution < 1.29 is 29.3 Å². The predicted octanol–water partition coefficient (Wildman–Crippen LogP) is 10.6. The molecule has 1 aromatic heterocycles. The van der Waals surface area contributed by atoms with Crippen molar-refractivity contribution >= 4 is 40.2 Å². The summed E-state index contributed by atoms with van der Waals surface area (Å²) in [6.07, 6.45) is 5.21. The summed E-state index contributed by atoms with van der Waals surface area (Å²) in [5.74, 6) is 0.201. The maximum atomic E-state index is 14.1. The van der Waals surface area contributed by atoms with E-state index in [0.717, 1.165) is 102 Å². The monoisotopic (exact) mass is 956 g/mol. The molecular formula is C57H73N5O6S. The van der Waals surface area contributed by atoms with Gasteiger partial charge in [0, 0.05) is 25.9 Å². The Bertz CT molecular complexity index is 2450. The zero-order valence-corrected chi connectivity index (χ0v) is 42.5. The summed E-state index contributed by atoms with van der Waals surface area (Å²) in [6.45, 7) is 17.3. The number of aliphatic hydroxyl groups excluding tert-OH is 1. The number of aryl methyl sites for hydroxylation is 1. The second kappa shape index (κ2) is 25.2. The molecule has 69 heavy (non-hydrogen) atoms. The van der Waals surface area contributed by atoms with E-state index in [2.05, 4.69) is 70.8 Å². The highest BCUT2D eigenvalue weighted by atomic mass is 32.1. The minimum Gasteiger partial charge on any atom is -0.508 e. The molecule has 5 aromatic rings. The fourth-order valence-corrected chi connectivity index (χ4v) is 9.96. The highest BCUT2D eigenvalue weighted by molar-refractivity contribution is 7.13. The fraction of sp³-hybridized carbons (Fsp3) is 0.439. The Hall–Kier alpha value is -5.82. The Balaban J connectivity index is 0.910. The van der Waals surface area contributed by atoms with Gasteiger partial charge in [-0.05, 0) is 115 Å². The SMILES string of the molecule is CC/C(=C(\c1ccc(O)cc1)c1ccc(OCCN(CC)CCCCCCCC(=O)NC(C(=O)N2C[C@H](O)C[C@H]2C(=O)N[C@@H](C)c2ccc(-c3scnc3C)cc2)C(C)(C)C)cc1)c1ccccc1. The van der Waals surface area contributed by atoms with Gasteiger partial charge < -0.3 is 35.4 Å². The van der Waals surface area contributed by atoms with Gasteiger partial charge in [0.2, 0.25) is 17.7 Å². The Labute approximate surface area is 414 Å². The molecule has 3 amide bonds. The molecule has 1 fully saturated rings. The Morgan fingerprint density at radius 3 is 2.12 bits per heavy atom. The third kappa shape index (κ3) is 14.6. The molecule has 12 heteroatoms. The first-order chi connectivity index (χ1) is 33.2. The second-order valence-corrected chi connectivity index (χ2v) is 20.2. The predicted molar refractivity (Wildman–Crippen MR) is 279 cm³/mol. The number of likely N-dealkylation sites (tertiary alicyclic amines) is 1. The lowest BCUT2D eigenvalue weighted by Gasteiger charge is -2.35. The van der Waals surface area contributed by atoms with Gasteiger partial charge >= 0.3 is 0 Å². The quantitative estimate of drug-likeness (QED) is 0.0374. The molecule has 0 spiro atoms. The lowest BCUT2D eigenvalue weighted by Crippen LogP contribution is -2.57. The number of rotatable bonds is 23. The van der Waals surface area contributed by atoms with Crippen molar-refractivity contribution in [2.75, 3.05) is 32.8 Å². The van der Waals surface area contributed by atoms with E-state index < -0.39 is 23.6 Å². The van der Waals surface area contributed by atoms with E-state index in [1.165, 1.54) is 16.0 Å². The van der Waals surface area contributed by atoms with Crippen molar-refractivity contribution in [3.63, 3.8) is 0 Å². The smallest absolute Gasteiger partial charge is 0.246 e. The van der Waals surface area contributed by atoms with E-state index in [1.807, 2.05) is 94.7 Å². The number of aromatic hydroxyl groups is 1. The topological polar surface area (TPSA) is 144 Å². The molecule has 4 atom stereocenters. The summed E-state index contributed by atoms with van der Waals surface area (Å²) in [5, 5.41) is 26.7. The largest absolute Gasteiger partial charge is 0.508 e. The van der Waals surface area contributed by atoms with Gasteiger partial charge in [0.15, 0.2) is 0 Å². The lowest BCUT2D eigenvalue weighted by atomic mass is 9.85. The number of aromatic nitrogens is 1. The molecule has 0 saturated carbocycles. The van der Waals surface area contributed by atoms with Crippen molar-refractivity contribution in [2.45, 2.75) is 124 Å². The average molecular weight is 956 g/mol. The van der Waals surface area contributed by atoms with Crippen LogP contribution in [0.25, 0.3) is 21.6 Å². The summed E-state index contributed by atoms with van der Waals surface area (Å²) in [7, 11) is 0. The molecule has 368 valence electrons. The number of allylic oxidation sites excluding steroid dienone is 1. The van der Waals surface area contributed by atoms with Crippen LogP contribution in [0.4, 0.5) is 0 Å². The van der Waals surface area contributed by atoms with Crippen LogP contribution in [0.15, 0.2) is 109 Å². The molecule has 1 unspecified atom stereocenters. The first-order valence-electron chi connectivity index (χ1n) is 24.8. The fourth-order valence-electron chi connectivity index (χ4n) is 9.15. The zero-order valence-electron chi connectivity index (χ0n) is 41.7. The van der Waals surface area contributed by atoms with Crippen LogP contribution >= 0.6 is 11.3 Å². The van der Waals surface area contributed by atoms with E-state index in [1.54, 1.807) is 23.5 Å². The van der Waals surface area contributed by atoms with E-state index in [9.17, 15) is 24.6 Å². The van der Waals surface area contributed by atoms with Crippen molar-refractivity contribution in [1.29, 1.82) is 0 Å². The van der Waals surface area contributed by atoms with Crippen LogP contribution in [-0.2, 0) is 14.4 Å². The van der Waals surface area contributed by atoms with Crippen LogP contribution in [0, 0.1) is 12.3 Å². The third-order valence-electron chi connectivity index (χ3n) is 13.1. The highest BCUT2D eigenvalue weighted by Crippen LogP contribution is 2.36. The number of amides is 3. The summed E-state index contributed by atoms with van der Waals surface area (Å²) in [5.41, 5.74) is 9.88. The number of benzene rings is 4. The number of hydrogen-bond donors (Lipinski definition) is 4. The molecule has 4 aromatic carbocycles. The van der Waals surface area contributed by atoms with Crippen molar-refractivity contribution in [2.24, 2.45) is 5.41 Å². The summed E-state index contributed by atoms with van der Waals surface area (Å²) in [4.78, 5) is 50.4. The Morgan fingerprint density at radius 1 is 0.841 bits per heavy atom. The van der Waals surface area contributed by atoms with Crippen LogP contribution in [-0.4, -0.2) is 93.7 Å². The maximum Gasteiger partial charge on any atom is 0.246 e. The van der Waals surface area contributed by atoms with Gasteiger partial charge in [-0.25, -0.2) is 4.98 Å².